The van der Waals surface area contributed by atoms with Gasteiger partial charge < -0.3 is 9.30 Å². The lowest BCUT2D eigenvalue weighted by atomic mass is 10.1. The number of hydrogen-bond donors (Lipinski definition) is 0. The third kappa shape index (κ3) is 3.62. The van der Waals surface area contributed by atoms with Crippen molar-refractivity contribution in [2.45, 2.75) is 30.8 Å². The molecular formula is C16H22N4O4S. The first-order chi connectivity index (χ1) is 11.8. The van der Waals surface area contributed by atoms with Crippen molar-refractivity contribution in [3.8, 4) is 5.75 Å². The van der Waals surface area contributed by atoms with Gasteiger partial charge in [-0.05, 0) is 25.8 Å². The largest absolute Gasteiger partial charge is 0.490 e. The summed E-state index contributed by atoms with van der Waals surface area (Å²) in [6.07, 6.45) is 3.91. The van der Waals surface area contributed by atoms with Crippen LogP contribution in [0.5, 0.6) is 5.75 Å². The standard InChI is InChI=1S/C16H22N4O4S/c1-12-8-14(9-16(21)19(12)3)24-13-4-6-20(7-5-13)25(22,23)15-10-17-18(2)11-15/h8-11,13H,4-7H2,1-3H3. The smallest absolute Gasteiger partial charge is 0.254 e. The zero-order valence-electron chi connectivity index (χ0n) is 14.5. The van der Waals surface area contributed by atoms with Crippen molar-refractivity contribution in [1.82, 2.24) is 18.7 Å². The molecule has 0 atom stereocenters. The third-order valence-corrected chi connectivity index (χ3v) is 6.35. The normalized spacial score (nSPS) is 16.9. The molecule has 9 heteroatoms. The maximum atomic E-state index is 12.6. The Bertz CT molecular complexity index is 924. The van der Waals surface area contributed by atoms with Crippen molar-refractivity contribution < 1.29 is 13.2 Å². The van der Waals surface area contributed by atoms with Crippen LogP contribution in [0.4, 0.5) is 0 Å². The highest BCUT2D eigenvalue weighted by molar-refractivity contribution is 7.89. The molecule has 0 bridgehead atoms. The molecule has 0 unspecified atom stereocenters. The van der Waals surface area contributed by atoms with Crippen LogP contribution in [-0.4, -0.2) is 46.3 Å². The minimum atomic E-state index is -3.52. The summed E-state index contributed by atoms with van der Waals surface area (Å²) >= 11 is 0. The van der Waals surface area contributed by atoms with Crippen LogP contribution in [-0.2, 0) is 24.1 Å². The lowest BCUT2D eigenvalue weighted by molar-refractivity contribution is 0.134. The topological polar surface area (TPSA) is 86.4 Å². The van der Waals surface area contributed by atoms with Gasteiger partial charge in [-0.15, -0.1) is 0 Å². The minimum Gasteiger partial charge on any atom is -0.490 e. The summed E-state index contributed by atoms with van der Waals surface area (Å²) in [4.78, 5) is 12.0. The van der Waals surface area contributed by atoms with Gasteiger partial charge >= 0.3 is 0 Å². The quantitative estimate of drug-likeness (QED) is 0.793. The van der Waals surface area contributed by atoms with Gasteiger partial charge in [-0.1, -0.05) is 0 Å². The Morgan fingerprint density at radius 2 is 1.88 bits per heavy atom. The maximum absolute atomic E-state index is 12.6. The number of ether oxygens (including phenoxy) is 1. The summed E-state index contributed by atoms with van der Waals surface area (Å²) in [6.45, 7) is 2.61. The number of pyridine rings is 1. The molecule has 136 valence electrons. The monoisotopic (exact) mass is 366 g/mol. The number of rotatable bonds is 4. The van der Waals surface area contributed by atoms with Gasteiger partial charge in [-0.3, -0.25) is 9.48 Å². The molecule has 1 aliphatic rings. The summed E-state index contributed by atoms with van der Waals surface area (Å²) in [5.74, 6) is 0.536. The first-order valence-electron chi connectivity index (χ1n) is 8.10. The summed E-state index contributed by atoms with van der Waals surface area (Å²) in [5, 5.41) is 3.93. The second-order valence-electron chi connectivity index (χ2n) is 6.30. The van der Waals surface area contributed by atoms with Crippen LogP contribution in [0.2, 0.25) is 0 Å². The molecule has 25 heavy (non-hydrogen) atoms. The Labute approximate surface area is 146 Å². The van der Waals surface area contributed by atoms with Gasteiger partial charge in [0, 0.05) is 45.1 Å². The Kier molecular flexibility index (Phi) is 4.70. The van der Waals surface area contributed by atoms with Crippen LogP contribution in [0.3, 0.4) is 0 Å². The number of aromatic nitrogens is 3. The van der Waals surface area contributed by atoms with Crippen LogP contribution in [0, 0.1) is 6.92 Å². The van der Waals surface area contributed by atoms with Gasteiger partial charge in [0.2, 0.25) is 10.0 Å². The molecule has 1 aliphatic heterocycles. The molecule has 0 saturated carbocycles. The van der Waals surface area contributed by atoms with E-state index in [2.05, 4.69) is 5.10 Å². The summed E-state index contributed by atoms with van der Waals surface area (Å²) < 4.78 is 35.5. The molecule has 0 aliphatic carbocycles. The van der Waals surface area contributed by atoms with Crippen molar-refractivity contribution in [1.29, 1.82) is 0 Å². The van der Waals surface area contributed by atoms with E-state index in [1.807, 2.05) is 13.0 Å². The van der Waals surface area contributed by atoms with Crippen molar-refractivity contribution in [3.05, 3.63) is 40.6 Å². The summed E-state index contributed by atoms with van der Waals surface area (Å²) in [5.41, 5.74) is 0.700. The highest BCUT2D eigenvalue weighted by Gasteiger charge is 2.31. The average Bonchev–Trinajstić information content (AvgIpc) is 3.00. The molecule has 1 saturated heterocycles. The average molecular weight is 366 g/mol. The Morgan fingerprint density at radius 1 is 1.20 bits per heavy atom. The molecule has 0 radical (unpaired) electrons. The maximum Gasteiger partial charge on any atom is 0.254 e. The van der Waals surface area contributed by atoms with E-state index >= 15 is 0 Å². The van der Waals surface area contributed by atoms with Gasteiger partial charge in [0.05, 0.1) is 6.20 Å². The van der Waals surface area contributed by atoms with Crippen LogP contribution in [0.15, 0.2) is 34.2 Å². The van der Waals surface area contributed by atoms with E-state index in [1.54, 1.807) is 18.7 Å². The zero-order valence-corrected chi connectivity index (χ0v) is 15.4. The molecule has 0 spiro atoms. The molecule has 8 nitrogen and oxygen atoms in total. The molecule has 1 fully saturated rings. The summed E-state index contributed by atoms with van der Waals surface area (Å²) in [6, 6.07) is 3.28. The fourth-order valence-electron chi connectivity index (χ4n) is 2.87. The van der Waals surface area contributed by atoms with Gasteiger partial charge in [0.15, 0.2) is 0 Å². The SMILES string of the molecule is Cc1cc(OC2CCN(S(=O)(=O)c3cnn(C)c3)CC2)cc(=O)n1C. The second-order valence-corrected chi connectivity index (χ2v) is 8.24. The number of sulfonamides is 1. The highest BCUT2D eigenvalue weighted by Crippen LogP contribution is 2.23. The first kappa shape index (κ1) is 17.7. The van der Waals surface area contributed by atoms with E-state index in [-0.39, 0.29) is 16.6 Å². The fraction of sp³-hybridized carbons (Fsp3) is 0.500. The van der Waals surface area contributed by atoms with E-state index in [4.69, 9.17) is 4.74 Å². The number of hydrogen-bond acceptors (Lipinski definition) is 5. The lowest BCUT2D eigenvalue weighted by Gasteiger charge is -2.31. The van der Waals surface area contributed by atoms with E-state index < -0.39 is 10.0 Å². The van der Waals surface area contributed by atoms with Gasteiger partial charge in [-0.2, -0.15) is 9.40 Å². The first-order valence-corrected chi connectivity index (χ1v) is 9.54. The van der Waals surface area contributed by atoms with Gasteiger partial charge in [0.1, 0.15) is 16.7 Å². The number of piperidine rings is 1. The van der Waals surface area contributed by atoms with Crippen molar-refractivity contribution >= 4 is 10.0 Å². The van der Waals surface area contributed by atoms with Crippen LogP contribution < -0.4 is 10.3 Å². The molecular weight excluding hydrogens is 344 g/mol. The Hall–Kier alpha value is -2.13. The molecule has 2 aromatic heterocycles. The van der Waals surface area contributed by atoms with Crippen LogP contribution in [0.25, 0.3) is 0 Å². The highest BCUT2D eigenvalue weighted by atomic mass is 32.2. The molecule has 0 amide bonds. The van der Waals surface area contributed by atoms with E-state index in [1.165, 1.54) is 27.4 Å². The molecule has 0 aromatic carbocycles. The molecule has 3 heterocycles. The molecule has 3 rings (SSSR count). The predicted molar refractivity (Wildman–Crippen MR) is 92.0 cm³/mol. The van der Waals surface area contributed by atoms with E-state index in [9.17, 15) is 13.2 Å². The Balaban J connectivity index is 1.65. The summed E-state index contributed by atoms with van der Waals surface area (Å²) in [7, 11) is -0.118. The third-order valence-electron chi connectivity index (χ3n) is 4.50. The van der Waals surface area contributed by atoms with Crippen LogP contribution >= 0.6 is 0 Å². The molecule has 0 N–H and O–H groups in total. The van der Waals surface area contributed by atoms with E-state index in [0.717, 1.165) is 5.69 Å². The second kappa shape index (κ2) is 6.64. The van der Waals surface area contributed by atoms with E-state index in [0.29, 0.717) is 31.7 Å². The van der Waals surface area contributed by atoms with Crippen molar-refractivity contribution in [2.24, 2.45) is 14.1 Å². The zero-order chi connectivity index (χ0) is 18.2. The van der Waals surface area contributed by atoms with Gasteiger partial charge in [-0.25, -0.2) is 8.42 Å². The molecule has 2 aromatic rings. The minimum absolute atomic E-state index is 0.105. The van der Waals surface area contributed by atoms with Gasteiger partial charge in [0.25, 0.3) is 5.56 Å². The predicted octanol–water partition coefficient (Wildman–Crippen LogP) is 0.659. The number of nitrogens with zero attached hydrogens (tertiary/aromatic N) is 4. The fourth-order valence-corrected chi connectivity index (χ4v) is 4.32. The Morgan fingerprint density at radius 3 is 2.44 bits per heavy atom. The van der Waals surface area contributed by atoms with Crippen molar-refractivity contribution in [3.63, 3.8) is 0 Å². The van der Waals surface area contributed by atoms with Crippen LogP contribution in [0.1, 0.15) is 18.5 Å². The number of aryl methyl sites for hydroxylation is 2. The lowest BCUT2D eigenvalue weighted by Crippen LogP contribution is -2.41. The van der Waals surface area contributed by atoms with Crippen molar-refractivity contribution in [2.75, 3.05) is 13.1 Å².